The number of nitrogens with zero attached hydrogens (tertiary/aromatic N) is 2. The van der Waals surface area contributed by atoms with E-state index in [0.717, 1.165) is 18.4 Å². The zero-order valence-electron chi connectivity index (χ0n) is 12.3. The number of hydrogen-bond donors (Lipinski definition) is 0. The van der Waals surface area contributed by atoms with Gasteiger partial charge in [-0.15, -0.1) is 0 Å². The smallest absolute Gasteiger partial charge is 0.189 e. The van der Waals surface area contributed by atoms with E-state index >= 15 is 0 Å². The molecule has 1 atom stereocenters. The molecule has 0 saturated heterocycles. The van der Waals surface area contributed by atoms with Crippen LogP contribution in [0.3, 0.4) is 0 Å². The van der Waals surface area contributed by atoms with Crippen molar-refractivity contribution in [3.8, 4) is 0 Å². The monoisotopic (exact) mass is 356 g/mol. The molecule has 0 aliphatic rings. The maximum absolute atomic E-state index is 12.2. The Morgan fingerprint density at radius 3 is 2.86 bits per heavy atom. The van der Waals surface area contributed by atoms with Gasteiger partial charge in [-0.3, -0.25) is 4.79 Å². The Kier molecular flexibility index (Phi) is 6.80. The van der Waals surface area contributed by atoms with Crippen molar-refractivity contribution in [1.82, 2.24) is 9.55 Å². The highest BCUT2D eigenvalue weighted by molar-refractivity contribution is 8.13. The van der Waals surface area contributed by atoms with Crippen LogP contribution in [-0.2, 0) is 11.3 Å². The van der Waals surface area contributed by atoms with Gasteiger partial charge in [-0.1, -0.05) is 54.4 Å². The zero-order valence-corrected chi connectivity index (χ0v) is 14.7. The SMILES string of the molecule is CCCCC(=O)SC(Cn1ccnc1)c1ccc(Cl)cc1Cl. The minimum absolute atomic E-state index is 0.0525. The lowest BCUT2D eigenvalue weighted by atomic mass is 10.1. The van der Waals surface area contributed by atoms with Crippen molar-refractivity contribution in [3.05, 3.63) is 52.5 Å². The standard InChI is InChI=1S/C16H18Cl2N2OS/c1-2-3-4-16(21)22-15(10-20-8-7-19-11-20)13-6-5-12(17)9-14(13)18/h5-9,11,15H,2-4,10H2,1H3. The van der Waals surface area contributed by atoms with Crippen LogP contribution in [0.25, 0.3) is 0 Å². The van der Waals surface area contributed by atoms with E-state index in [-0.39, 0.29) is 10.4 Å². The molecule has 0 spiro atoms. The molecular formula is C16H18Cl2N2OS. The molecule has 1 unspecified atom stereocenters. The van der Waals surface area contributed by atoms with Crippen LogP contribution < -0.4 is 0 Å². The second-order valence-electron chi connectivity index (χ2n) is 5.01. The minimum Gasteiger partial charge on any atom is -0.336 e. The van der Waals surface area contributed by atoms with E-state index in [2.05, 4.69) is 11.9 Å². The molecule has 2 aromatic rings. The van der Waals surface area contributed by atoms with Gasteiger partial charge in [-0.25, -0.2) is 4.98 Å². The minimum atomic E-state index is -0.0525. The quantitative estimate of drug-likeness (QED) is 0.667. The lowest BCUT2D eigenvalue weighted by Crippen LogP contribution is -2.08. The number of hydrogen-bond acceptors (Lipinski definition) is 3. The van der Waals surface area contributed by atoms with Gasteiger partial charge in [-0.05, 0) is 24.1 Å². The van der Waals surface area contributed by atoms with E-state index in [1.807, 2.05) is 16.8 Å². The summed E-state index contributed by atoms with van der Waals surface area (Å²) in [6, 6.07) is 5.42. The molecule has 0 aliphatic heterocycles. The molecule has 0 radical (unpaired) electrons. The van der Waals surface area contributed by atoms with E-state index in [1.54, 1.807) is 24.7 Å². The van der Waals surface area contributed by atoms with E-state index in [1.165, 1.54) is 11.8 Å². The van der Waals surface area contributed by atoms with Crippen LogP contribution in [0.15, 0.2) is 36.9 Å². The molecule has 0 N–H and O–H groups in total. The fourth-order valence-corrected chi connectivity index (χ4v) is 3.85. The first-order valence-electron chi connectivity index (χ1n) is 7.20. The van der Waals surface area contributed by atoms with Crippen LogP contribution >= 0.6 is 35.0 Å². The number of thioether (sulfide) groups is 1. The normalized spacial score (nSPS) is 12.3. The highest BCUT2D eigenvalue weighted by Gasteiger charge is 2.20. The molecule has 118 valence electrons. The van der Waals surface area contributed by atoms with Crippen LogP contribution in [0.2, 0.25) is 10.0 Å². The predicted octanol–water partition coefficient (Wildman–Crippen LogP) is 5.38. The molecule has 3 nitrogen and oxygen atoms in total. The summed E-state index contributed by atoms with van der Waals surface area (Å²) in [5.41, 5.74) is 0.926. The van der Waals surface area contributed by atoms with Crippen LogP contribution in [0.5, 0.6) is 0 Å². The van der Waals surface area contributed by atoms with Gasteiger partial charge >= 0.3 is 0 Å². The summed E-state index contributed by atoms with van der Waals surface area (Å²) >= 11 is 13.6. The van der Waals surface area contributed by atoms with Gasteiger partial charge in [0.15, 0.2) is 5.12 Å². The summed E-state index contributed by atoms with van der Waals surface area (Å²) < 4.78 is 1.95. The molecule has 0 aliphatic carbocycles. The molecule has 6 heteroatoms. The Morgan fingerprint density at radius 2 is 2.23 bits per heavy atom. The van der Waals surface area contributed by atoms with Gasteiger partial charge in [-0.2, -0.15) is 0 Å². The largest absolute Gasteiger partial charge is 0.336 e. The molecule has 1 aromatic heterocycles. The highest BCUT2D eigenvalue weighted by Crippen LogP contribution is 2.37. The lowest BCUT2D eigenvalue weighted by molar-refractivity contribution is -0.111. The van der Waals surface area contributed by atoms with Crippen LogP contribution in [-0.4, -0.2) is 14.7 Å². The van der Waals surface area contributed by atoms with Crippen molar-refractivity contribution >= 4 is 40.1 Å². The molecule has 0 amide bonds. The van der Waals surface area contributed by atoms with Crippen molar-refractivity contribution in [3.63, 3.8) is 0 Å². The van der Waals surface area contributed by atoms with Gasteiger partial charge < -0.3 is 4.57 Å². The molecule has 0 bridgehead atoms. The van der Waals surface area contributed by atoms with Gasteiger partial charge in [0.1, 0.15) is 0 Å². The Labute approximate surface area is 145 Å². The Balaban J connectivity index is 2.18. The summed E-state index contributed by atoms with van der Waals surface area (Å²) in [6.07, 6.45) is 7.87. The number of rotatable bonds is 7. The number of benzene rings is 1. The average molecular weight is 357 g/mol. The Bertz CT molecular complexity index is 617. The second kappa shape index (κ2) is 8.61. The van der Waals surface area contributed by atoms with Crippen molar-refractivity contribution in [2.24, 2.45) is 0 Å². The highest BCUT2D eigenvalue weighted by atomic mass is 35.5. The third-order valence-electron chi connectivity index (χ3n) is 3.25. The number of imidazole rings is 1. The third kappa shape index (κ3) is 5.04. The van der Waals surface area contributed by atoms with E-state index in [0.29, 0.717) is 23.0 Å². The number of unbranched alkanes of at least 4 members (excludes halogenated alkanes) is 1. The third-order valence-corrected chi connectivity index (χ3v) is 4.97. The molecule has 0 saturated carbocycles. The molecular weight excluding hydrogens is 339 g/mol. The summed E-state index contributed by atoms with van der Waals surface area (Å²) in [5, 5.41) is 1.33. The molecule has 0 fully saturated rings. The Hall–Kier alpha value is -0.970. The van der Waals surface area contributed by atoms with Crippen LogP contribution in [0, 0.1) is 0 Å². The fourth-order valence-electron chi connectivity index (χ4n) is 2.09. The lowest BCUT2D eigenvalue weighted by Gasteiger charge is -2.18. The summed E-state index contributed by atoms with van der Waals surface area (Å²) in [5.74, 6) is 0. The van der Waals surface area contributed by atoms with E-state index in [9.17, 15) is 4.79 Å². The molecule has 1 heterocycles. The fraction of sp³-hybridized carbons (Fsp3) is 0.375. The number of halogens is 2. The number of aromatic nitrogens is 2. The number of carbonyl (C=O) groups is 1. The number of carbonyl (C=O) groups excluding carboxylic acids is 1. The topological polar surface area (TPSA) is 34.9 Å². The first-order valence-corrected chi connectivity index (χ1v) is 8.84. The maximum atomic E-state index is 12.2. The van der Waals surface area contributed by atoms with Crippen molar-refractivity contribution < 1.29 is 4.79 Å². The van der Waals surface area contributed by atoms with E-state index < -0.39 is 0 Å². The first kappa shape index (κ1) is 17.4. The summed E-state index contributed by atoms with van der Waals surface area (Å²) in [6.45, 7) is 2.72. The molecule has 22 heavy (non-hydrogen) atoms. The molecule has 2 rings (SSSR count). The van der Waals surface area contributed by atoms with Gasteiger partial charge in [0.05, 0.1) is 11.6 Å². The first-order chi connectivity index (χ1) is 10.6. The van der Waals surface area contributed by atoms with Crippen molar-refractivity contribution in [1.29, 1.82) is 0 Å². The van der Waals surface area contributed by atoms with Gasteiger partial charge in [0, 0.05) is 35.4 Å². The maximum Gasteiger partial charge on any atom is 0.189 e. The van der Waals surface area contributed by atoms with Crippen LogP contribution in [0.4, 0.5) is 0 Å². The van der Waals surface area contributed by atoms with Crippen molar-refractivity contribution in [2.45, 2.75) is 38.0 Å². The Morgan fingerprint density at radius 1 is 1.41 bits per heavy atom. The van der Waals surface area contributed by atoms with E-state index in [4.69, 9.17) is 23.2 Å². The second-order valence-corrected chi connectivity index (χ2v) is 7.11. The van der Waals surface area contributed by atoms with Gasteiger partial charge in [0.25, 0.3) is 0 Å². The van der Waals surface area contributed by atoms with Crippen molar-refractivity contribution in [2.75, 3.05) is 0 Å². The summed E-state index contributed by atoms with van der Waals surface area (Å²) in [4.78, 5) is 16.2. The molecule has 1 aromatic carbocycles. The van der Waals surface area contributed by atoms with Crippen LogP contribution in [0.1, 0.15) is 37.0 Å². The zero-order chi connectivity index (χ0) is 15.9. The average Bonchev–Trinajstić information content (AvgIpc) is 2.97. The van der Waals surface area contributed by atoms with Gasteiger partial charge in [0.2, 0.25) is 0 Å². The summed E-state index contributed by atoms with van der Waals surface area (Å²) in [7, 11) is 0. The predicted molar refractivity (Wildman–Crippen MR) is 93.6 cm³/mol.